The Labute approximate surface area is 117 Å². The highest BCUT2D eigenvalue weighted by molar-refractivity contribution is 5.75. The molecule has 1 aromatic carbocycles. The SMILES string of the molecule is O=C(NC1(c2ccc(F)cc2)CCC1)N1CCOCC1. The van der Waals surface area contributed by atoms with Gasteiger partial charge < -0.3 is 15.0 Å². The predicted octanol–water partition coefficient (Wildman–Crippen LogP) is 2.25. The topological polar surface area (TPSA) is 41.6 Å². The Morgan fingerprint density at radius 3 is 2.40 bits per heavy atom. The van der Waals surface area contributed by atoms with Crippen molar-refractivity contribution in [2.45, 2.75) is 24.8 Å². The van der Waals surface area contributed by atoms with Crippen molar-refractivity contribution in [1.82, 2.24) is 10.2 Å². The number of ether oxygens (including phenoxy) is 1. The van der Waals surface area contributed by atoms with Crippen LogP contribution in [-0.2, 0) is 10.3 Å². The average molecular weight is 278 g/mol. The summed E-state index contributed by atoms with van der Waals surface area (Å²) in [6, 6.07) is 6.41. The molecule has 108 valence electrons. The maximum atomic E-state index is 13.0. The molecule has 1 heterocycles. The summed E-state index contributed by atoms with van der Waals surface area (Å²) in [5.74, 6) is -0.247. The summed E-state index contributed by atoms with van der Waals surface area (Å²) in [6.07, 6.45) is 2.91. The third-order valence-corrected chi connectivity index (χ3v) is 4.25. The molecule has 1 saturated carbocycles. The molecule has 0 radical (unpaired) electrons. The van der Waals surface area contributed by atoms with Crippen molar-refractivity contribution in [3.8, 4) is 0 Å². The van der Waals surface area contributed by atoms with E-state index in [-0.39, 0.29) is 17.4 Å². The lowest BCUT2D eigenvalue weighted by Crippen LogP contribution is -2.56. The van der Waals surface area contributed by atoms with Crippen molar-refractivity contribution in [3.05, 3.63) is 35.6 Å². The first-order valence-corrected chi connectivity index (χ1v) is 7.10. The van der Waals surface area contributed by atoms with E-state index in [1.165, 1.54) is 12.1 Å². The minimum Gasteiger partial charge on any atom is -0.378 e. The molecule has 0 spiro atoms. The van der Waals surface area contributed by atoms with Gasteiger partial charge >= 0.3 is 6.03 Å². The standard InChI is InChI=1S/C15H19FN2O2/c16-13-4-2-12(3-5-13)15(6-1-7-15)17-14(19)18-8-10-20-11-9-18/h2-5H,1,6-11H2,(H,17,19). The molecule has 0 bridgehead atoms. The zero-order valence-electron chi connectivity index (χ0n) is 11.4. The molecule has 2 amide bonds. The number of rotatable bonds is 2. The first-order chi connectivity index (χ1) is 9.70. The van der Waals surface area contributed by atoms with E-state index in [4.69, 9.17) is 4.74 Å². The van der Waals surface area contributed by atoms with E-state index in [1.54, 1.807) is 17.0 Å². The van der Waals surface area contributed by atoms with Crippen molar-refractivity contribution in [2.75, 3.05) is 26.3 Å². The molecule has 1 N–H and O–H groups in total. The van der Waals surface area contributed by atoms with Crippen LogP contribution in [0.1, 0.15) is 24.8 Å². The summed E-state index contributed by atoms with van der Waals surface area (Å²) in [4.78, 5) is 14.1. The summed E-state index contributed by atoms with van der Waals surface area (Å²) in [6.45, 7) is 2.45. The largest absolute Gasteiger partial charge is 0.378 e. The molecular formula is C15H19FN2O2. The molecule has 2 aliphatic rings. The van der Waals surface area contributed by atoms with Crippen LogP contribution in [0.25, 0.3) is 0 Å². The average Bonchev–Trinajstić information content (AvgIpc) is 2.45. The number of carbonyl (C=O) groups is 1. The van der Waals surface area contributed by atoms with Crippen LogP contribution < -0.4 is 5.32 Å². The lowest BCUT2D eigenvalue weighted by atomic mass is 9.72. The van der Waals surface area contributed by atoms with E-state index in [2.05, 4.69) is 5.32 Å². The van der Waals surface area contributed by atoms with Crippen molar-refractivity contribution in [3.63, 3.8) is 0 Å². The second-order valence-electron chi connectivity index (χ2n) is 5.47. The number of nitrogens with one attached hydrogen (secondary N) is 1. The minimum absolute atomic E-state index is 0.0441. The molecule has 1 saturated heterocycles. The van der Waals surface area contributed by atoms with Crippen molar-refractivity contribution < 1.29 is 13.9 Å². The Hall–Kier alpha value is -1.62. The van der Waals surface area contributed by atoms with E-state index in [0.29, 0.717) is 26.3 Å². The second-order valence-corrected chi connectivity index (χ2v) is 5.47. The van der Waals surface area contributed by atoms with Crippen LogP contribution in [0.4, 0.5) is 9.18 Å². The maximum absolute atomic E-state index is 13.0. The van der Waals surface area contributed by atoms with Gasteiger partial charge in [-0.15, -0.1) is 0 Å². The van der Waals surface area contributed by atoms with Gasteiger partial charge in [0.25, 0.3) is 0 Å². The molecule has 0 aromatic heterocycles. The Balaban J connectivity index is 1.72. The molecule has 1 aliphatic carbocycles. The number of hydrogen-bond acceptors (Lipinski definition) is 2. The normalized spacial score (nSPS) is 21.1. The van der Waals surface area contributed by atoms with Gasteiger partial charge in [-0.25, -0.2) is 9.18 Å². The van der Waals surface area contributed by atoms with E-state index >= 15 is 0 Å². The van der Waals surface area contributed by atoms with Crippen molar-refractivity contribution >= 4 is 6.03 Å². The van der Waals surface area contributed by atoms with Crippen LogP contribution in [0.2, 0.25) is 0 Å². The smallest absolute Gasteiger partial charge is 0.318 e. The molecule has 4 nitrogen and oxygen atoms in total. The number of amides is 2. The summed E-state index contributed by atoms with van der Waals surface area (Å²) in [5, 5.41) is 3.14. The minimum atomic E-state index is -0.316. The third-order valence-electron chi connectivity index (χ3n) is 4.25. The number of urea groups is 1. The number of carbonyl (C=O) groups excluding carboxylic acids is 1. The Morgan fingerprint density at radius 1 is 1.20 bits per heavy atom. The van der Waals surface area contributed by atoms with Gasteiger partial charge in [-0.3, -0.25) is 0 Å². The third kappa shape index (κ3) is 2.50. The Morgan fingerprint density at radius 2 is 1.85 bits per heavy atom. The lowest BCUT2D eigenvalue weighted by molar-refractivity contribution is 0.0479. The molecular weight excluding hydrogens is 259 g/mol. The van der Waals surface area contributed by atoms with Gasteiger partial charge in [0.15, 0.2) is 0 Å². The monoisotopic (exact) mass is 278 g/mol. The maximum Gasteiger partial charge on any atom is 0.318 e. The fraction of sp³-hybridized carbons (Fsp3) is 0.533. The van der Waals surface area contributed by atoms with Crippen LogP contribution in [0.5, 0.6) is 0 Å². The molecule has 1 aromatic rings. The van der Waals surface area contributed by atoms with Gasteiger partial charge in [0.1, 0.15) is 5.82 Å². The molecule has 20 heavy (non-hydrogen) atoms. The van der Waals surface area contributed by atoms with Crippen LogP contribution in [0.3, 0.4) is 0 Å². The van der Waals surface area contributed by atoms with Gasteiger partial charge in [-0.05, 0) is 37.0 Å². The van der Waals surface area contributed by atoms with Gasteiger partial charge in [0.05, 0.1) is 18.8 Å². The summed E-state index contributed by atoms with van der Waals surface area (Å²) in [7, 11) is 0. The highest BCUT2D eigenvalue weighted by atomic mass is 19.1. The fourth-order valence-electron chi connectivity index (χ4n) is 2.84. The molecule has 0 unspecified atom stereocenters. The fourth-order valence-corrected chi connectivity index (χ4v) is 2.84. The second kappa shape index (κ2) is 5.40. The summed E-state index contributed by atoms with van der Waals surface area (Å²) in [5.41, 5.74) is 0.676. The number of morpholine rings is 1. The van der Waals surface area contributed by atoms with Crippen LogP contribution in [0, 0.1) is 5.82 Å². The van der Waals surface area contributed by atoms with E-state index in [0.717, 1.165) is 24.8 Å². The number of halogens is 1. The molecule has 5 heteroatoms. The summed E-state index contributed by atoms with van der Waals surface area (Å²) < 4.78 is 18.3. The lowest BCUT2D eigenvalue weighted by Gasteiger charge is -2.44. The zero-order chi connectivity index (χ0) is 14.0. The molecule has 0 atom stereocenters. The number of benzene rings is 1. The summed E-state index contributed by atoms with van der Waals surface area (Å²) >= 11 is 0. The number of nitrogens with zero attached hydrogens (tertiary/aromatic N) is 1. The van der Waals surface area contributed by atoms with Crippen molar-refractivity contribution in [2.24, 2.45) is 0 Å². The van der Waals surface area contributed by atoms with Crippen LogP contribution >= 0.6 is 0 Å². The van der Waals surface area contributed by atoms with Gasteiger partial charge in [-0.2, -0.15) is 0 Å². The van der Waals surface area contributed by atoms with E-state index < -0.39 is 0 Å². The van der Waals surface area contributed by atoms with Crippen LogP contribution in [0.15, 0.2) is 24.3 Å². The van der Waals surface area contributed by atoms with Gasteiger partial charge in [0, 0.05) is 13.1 Å². The van der Waals surface area contributed by atoms with E-state index in [9.17, 15) is 9.18 Å². The van der Waals surface area contributed by atoms with Gasteiger partial charge in [-0.1, -0.05) is 12.1 Å². The quantitative estimate of drug-likeness (QED) is 0.901. The van der Waals surface area contributed by atoms with Crippen molar-refractivity contribution in [1.29, 1.82) is 0 Å². The van der Waals surface area contributed by atoms with Crippen LogP contribution in [-0.4, -0.2) is 37.2 Å². The first-order valence-electron chi connectivity index (χ1n) is 7.10. The number of hydrogen-bond donors (Lipinski definition) is 1. The molecule has 2 fully saturated rings. The van der Waals surface area contributed by atoms with E-state index in [1.807, 2.05) is 0 Å². The molecule has 1 aliphatic heterocycles. The zero-order valence-corrected chi connectivity index (χ0v) is 11.4. The Kier molecular flexibility index (Phi) is 3.61. The highest BCUT2D eigenvalue weighted by Gasteiger charge is 2.41. The first kappa shape index (κ1) is 13.4. The Bertz CT molecular complexity index is 479. The van der Waals surface area contributed by atoms with Gasteiger partial charge in [0.2, 0.25) is 0 Å². The molecule has 3 rings (SSSR count). The highest BCUT2D eigenvalue weighted by Crippen LogP contribution is 2.41. The predicted molar refractivity (Wildman–Crippen MR) is 72.9 cm³/mol.